The molecule has 0 saturated carbocycles. The molecule has 0 fully saturated rings. The molecule has 0 radical (unpaired) electrons. The molecule has 0 aliphatic rings. The number of rotatable bonds is 10. The van der Waals surface area contributed by atoms with E-state index >= 15 is 0 Å². The second-order valence-electron chi connectivity index (χ2n) is 8.25. The predicted molar refractivity (Wildman–Crippen MR) is 129 cm³/mol. The van der Waals surface area contributed by atoms with Crippen molar-refractivity contribution < 1.29 is 32.5 Å². The zero-order valence-corrected chi connectivity index (χ0v) is 20.8. The summed E-state index contributed by atoms with van der Waals surface area (Å²) in [4.78, 5) is 17.1. The van der Waals surface area contributed by atoms with Gasteiger partial charge in [0.05, 0.1) is 10.4 Å². The lowest BCUT2D eigenvalue weighted by molar-refractivity contribution is -0.166. The summed E-state index contributed by atoms with van der Waals surface area (Å²) in [6.45, 7) is 7.65. The maximum absolute atomic E-state index is 12.8. The van der Waals surface area contributed by atoms with Crippen molar-refractivity contribution >= 4 is 17.3 Å². The number of hydrogen-bond donors (Lipinski definition) is 1. The van der Waals surface area contributed by atoms with Crippen molar-refractivity contribution in [1.29, 1.82) is 0 Å². The summed E-state index contributed by atoms with van der Waals surface area (Å²) < 4.78 is 50.1. The van der Waals surface area contributed by atoms with Gasteiger partial charge < -0.3 is 14.6 Å². The lowest BCUT2D eigenvalue weighted by atomic mass is 9.89. The van der Waals surface area contributed by atoms with Crippen LogP contribution in [0, 0.1) is 6.92 Å². The van der Waals surface area contributed by atoms with E-state index in [0.717, 1.165) is 28.1 Å². The van der Waals surface area contributed by atoms with E-state index in [1.54, 1.807) is 26.1 Å². The highest BCUT2D eigenvalue weighted by atomic mass is 32.1. The van der Waals surface area contributed by atoms with Crippen LogP contribution in [0.2, 0.25) is 0 Å². The summed E-state index contributed by atoms with van der Waals surface area (Å²) in [6, 6.07) is 10.4. The molecule has 2 atom stereocenters. The fourth-order valence-corrected chi connectivity index (χ4v) is 4.66. The van der Waals surface area contributed by atoms with Gasteiger partial charge in [0.1, 0.15) is 16.9 Å². The highest BCUT2D eigenvalue weighted by Gasteiger charge is 2.38. The first-order valence-corrected chi connectivity index (χ1v) is 12.1. The summed E-state index contributed by atoms with van der Waals surface area (Å²) in [6.07, 6.45) is -2.46. The van der Waals surface area contributed by atoms with E-state index in [0.29, 0.717) is 29.3 Å². The fourth-order valence-electron chi connectivity index (χ4n) is 3.76. The number of thiazole rings is 1. The molecule has 2 aromatic carbocycles. The van der Waals surface area contributed by atoms with E-state index in [2.05, 4.69) is 4.98 Å². The smallest absolute Gasteiger partial charge is 0.416 e. The zero-order valence-electron chi connectivity index (χ0n) is 20.0. The Morgan fingerprint density at radius 1 is 1.14 bits per heavy atom. The molecule has 2 unspecified atom stereocenters. The van der Waals surface area contributed by atoms with Crippen LogP contribution < -0.4 is 4.74 Å². The van der Waals surface area contributed by atoms with Crippen LogP contribution in [0.5, 0.6) is 5.75 Å². The molecule has 0 bridgehead atoms. The van der Waals surface area contributed by atoms with Crippen molar-refractivity contribution in [3.63, 3.8) is 0 Å². The average Bonchev–Trinajstić information content (AvgIpc) is 3.30. The Kier molecular flexibility index (Phi) is 8.22. The van der Waals surface area contributed by atoms with Crippen LogP contribution in [0.3, 0.4) is 0 Å². The van der Waals surface area contributed by atoms with Crippen LogP contribution in [-0.2, 0) is 22.1 Å². The molecule has 35 heavy (non-hydrogen) atoms. The lowest BCUT2D eigenvalue weighted by Crippen LogP contribution is -2.43. The molecule has 1 heterocycles. The Morgan fingerprint density at radius 2 is 1.83 bits per heavy atom. The van der Waals surface area contributed by atoms with Gasteiger partial charge in [-0.2, -0.15) is 13.2 Å². The largest absolute Gasteiger partial charge is 0.485 e. The van der Waals surface area contributed by atoms with Gasteiger partial charge in [-0.1, -0.05) is 25.1 Å². The maximum atomic E-state index is 12.8. The van der Waals surface area contributed by atoms with Crippen LogP contribution in [0.25, 0.3) is 10.6 Å². The van der Waals surface area contributed by atoms with Gasteiger partial charge in [-0.15, -0.1) is 11.3 Å². The maximum Gasteiger partial charge on any atom is 0.416 e. The van der Waals surface area contributed by atoms with E-state index in [1.165, 1.54) is 23.5 Å². The molecule has 0 saturated heterocycles. The number of carbonyl (C=O) groups is 1. The first-order valence-electron chi connectivity index (χ1n) is 11.3. The lowest BCUT2D eigenvalue weighted by Gasteiger charge is -2.29. The molecule has 0 spiro atoms. The van der Waals surface area contributed by atoms with E-state index in [9.17, 15) is 23.1 Å². The number of halogens is 3. The topological polar surface area (TPSA) is 68.7 Å². The third-order valence-electron chi connectivity index (χ3n) is 5.87. The monoisotopic (exact) mass is 507 g/mol. The second kappa shape index (κ2) is 10.8. The SMILES string of the molecule is CCOC(CC)(Cc1ccc(OC(C)c2cnc(-c3ccc(C(F)(F)F)cc3)s2)cc1C)C(=O)O. The summed E-state index contributed by atoms with van der Waals surface area (Å²) in [7, 11) is 0. The van der Waals surface area contributed by atoms with Gasteiger partial charge in [-0.25, -0.2) is 9.78 Å². The molecule has 1 aromatic heterocycles. The molecule has 3 aromatic rings. The van der Waals surface area contributed by atoms with Gasteiger partial charge in [-0.05, 0) is 62.6 Å². The molecular formula is C26H28F3NO4S. The Balaban J connectivity index is 1.72. The van der Waals surface area contributed by atoms with Crippen molar-refractivity contribution in [2.45, 2.75) is 58.4 Å². The normalized spacial score (nSPS) is 14.4. The van der Waals surface area contributed by atoms with Gasteiger partial charge in [-0.3, -0.25) is 0 Å². The Hall–Kier alpha value is -2.91. The van der Waals surface area contributed by atoms with E-state index in [-0.39, 0.29) is 12.5 Å². The highest BCUT2D eigenvalue weighted by molar-refractivity contribution is 7.15. The number of ether oxygens (including phenoxy) is 2. The first kappa shape index (κ1) is 26.7. The van der Waals surface area contributed by atoms with Gasteiger partial charge in [0.2, 0.25) is 0 Å². The average molecular weight is 508 g/mol. The molecule has 0 aliphatic heterocycles. The van der Waals surface area contributed by atoms with Crippen molar-refractivity contribution in [2.24, 2.45) is 0 Å². The highest BCUT2D eigenvalue weighted by Crippen LogP contribution is 2.35. The van der Waals surface area contributed by atoms with Crippen LogP contribution in [-0.4, -0.2) is 28.3 Å². The minimum Gasteiger partial charge on any atom is -0.485 e. The molecule has 188 valence electrons. The zero-order chi connectivity index (χ0) is 25.8. The van der Waals surface area contributed by atoms with E-state index in [4.69, 9.17) is 9.47 Å². The van der Waals surface area contributed by atoms with Crippen molar-refractivity contribution in [1.82, 2.24) is 4.98 Å². The summed E-state index contributed by atoms with van der Waals surface area (Å²) in [5.74, 6) is -0.360. The molecule has 0 amide bonds. The van der Waals surface area contributed by atoms with Crippen LogP contribution >= 0.6 is 11.3 Å². The van der Waals surface area contributed by atoms with Gasteiger partial charge in [0.25, 0.3) is 0 Å². The number of nitrogens with zero attached hydrogens (tertiary/aromatic N) is 1. The molecule has 3 rings (SSSR count). The quantitative estimate of drug-likeness (QED) is 0.317. The first-order chi connectivity index (χ1) is 16.5. The van der Waals surface area contributed by atoms with Gasteiger partial charge >= 0.3 is 12.1 Å². The number of carboxylic acid groups (broad SMARTS) is 1. The number of aryl methyl sites for hydroxylation is 1. The van der Waals surface area contributed by atoms with Crippen molar-refractivity contribution in [3.05, 3.63) is 70.2 Å². The van der Waals surface area contributed by atoms with Crippen LogP contribution in [0.4, 0.5) is 13.2 Å². The third-order valence-corrected chi connectivity index (χ3v) is 7.08. The van der Waals surface area contributed by atoms with Gasteiger partial charge in [0, 0.05) is 24.8 Å². The van der Waals surface area contributed by atoms with Crippen molar-refractivity contribution in [2.75, 3.05) is 6.61 Å². The molecular weight excluding hydrogens is 479 g/mol. The van der Waals surface area contributed by atoms with E-state index in [1.807, 2.05) is 26.0 Å². The minimum absolute atomic E-state index is 0.250. The minimum atomic E-state index is -4.38. The number of hydrogen-bond acceptors (Lipinski definition) is 5. The molecule has 9 heteroatoms. The standard InChI is InChI=1S/C26H28F3NO4S/c1-5-25(24(31)32,33-6-2)14-19-9-12-21(13-16(19)3)34-17(4)22-15-30-23(35-22)18-7-10-20(11-8-18)26(27,28)29/h7-13,15,17H,5-6,14H2,1-4H3,(H,31,32). The number of alkyl halides is 3. The number of aromatic nitrogens is 1. The Labute approximate surface area is 206 Å². The van der Waals surface area contributed by atoms with Gasteiger partial charge in [0.15, 0.2) is 5.60 Å². The summed E-state index contributed by atoms with van der Waals surface area (Å²) in [5, 5.41) is 10.3. The third kappa shape index (κ3) is 6.21. The van der Waals surface area contributed by atoms with Crippen LogP contribution in [0.1, 0.15) is 54.9 Å². The van der Waals surface area contributed by atoms with Crippen LogP contribution in [0.15, 0.2) is 48.7 Å². The Bertz CT molecular complexity index is 1160. The fraction of sp³-hybridized carbons (Fsp3) is 0.385. The van der Waals surface area contributed by atoms with E-state index < -0.39 is 23.3 Å². The van der Waals surface area contributed by atoms with Crippen molar-refractivity contribution in [3.8, 4) is 16.3 Å². The number of aliphatic carboxylic acids is 1. The number of benzene rings is 2. The Morgan fingerprint density at radius 3 is 2.37 bits per heavy atom. The predicted octanol–water partition coefficient (Wildman–Crippen LogP) is 7.09. The molecule has 1 N–H and O–H groups in total. The summed E-state index contributed by atoms with van der Waals surface area (Å²) in [5.41, 5.74) is 0.392. The summed E-state index contributed by atoms with van der Waals surface area (Å²) >= 11 is 1.35. The molecule has 5 nitrogen and oxygen atoms in total. The second-order valence-corrected chi connectivity index (χ2v) is 9.32. The molecule has 0 aliphatic carbocycles. The number of carboxylic acids is 1.